The zero-order valence-electron chi connectivity index (χ0n) is 10.9. The van der Waals surface area contributed by atoms with Crippen molar-refractivity contribution in [3.8, 4) is 5.75 Å². The summed E-state index contributed by atoms with van der Waals surface area (Å²) in [6.45, 7) is 4.45. The summed E-state index contributed by atoms with van der Waals surface area (Å²) in [5.74, 6) is 0.977. The topological polar surface area (TPSA) is 41.7 Å². The van der Waals surface area contributed by atoms with E-state index in [1.807, 2.05) is 6.07 Å². The van der Waals surface area contributed by atoms with Gasteiger partial charge in [-0.15, -0.1) is 0 Å². The molecule has 2 N–H and O–H groups in total. The van der Waals surface area contributed by atoms with Crippen LogP contribution in [0.15, 0.2) is 18.2 Å². The smallest absolute Gasteiger partial charge is 0.148 e. The van der Waals surface area contributed by atoms with E-state index in [1.54, 1.807) is 0 Å². The molecule has 0 radical (unpaired) electrons. The third kappa shape index (κ3) is 2.18. The minimum Gasteiger partial charge on any atom is -0.475 e. The normalized spacial score (nSPS) is 24.6. The number of ether oxygens (including phenoxy) is 1. The van der Waals surface area contributed by atoms with Gasteiger partial charge in [0, 0.05) is 43.9 Å². The van der Waals surface area contributed by atoms with Crippen LogP contribution in [0, 0.1) is 0 Å². The molecule has 98 valence electrons. The molecule has 18 heavy (non-hydrogen) atoms. The van der Waals surface area contributed by atoms with Gasteiger partial charge in [-0.3, -0.25) is 5.73 Å². The van der Waals surface area contributed by atoms with Crippen molar-refractivity contribution in [2.24, 2.45) is 5.73 Å². The molecule has 4 nitrogen and oxygen atoms in total. The minimum absolute atomic E-state index is 0.139. The summed E-state index contributed by atoms with van der Waals surface area (Å²) in [4.78, 5) is 4.84. The minimum atomic E-state index is -0.139. The number of benzene rings is 1. The Kier molecular flexibility index (Phi) is 3.14. The van der Waals surface area contributed by atoms with Crippen LogP contribution in [0.2, 0.25) is 0 Å². The molecule has 2 aliphatic heterocycles. The Bertz CT molecular complexity index is 427. The molecule has 2 aliphatic rings. The van der Waals surface area contributed by atoms with Gasteiger partial charge in [0.05, 0.1) is 0 Å². The summed E-state index contributed by atoms with van der Waals surface area (Å²) >= 11 is 0. The monoisotopic (exact) mass is 247 g/mol. The fourth-order valence-corrected chi connectivity index (χ4v) is 2.77. The van der Waals surface area contributed by atoms with Crippen LogP contribution in [-0.4, -0.2) is 44.4 Å². The maximum absolute atomic E-state index is 5.85. The zero-order chi connectivity index (χ0) is 12.5. The molecule has 0 saturated carbocycles. The Hall–Kier alpha value is -1.26. The van der Waals surface area contributed by atoms with Gasteiger partial charge in [-0.2, -0.15) is 0 Å². The molecular formula is C14H21N3O. The summed E-state index contributed by atoms with van der Waals surface area (Å²) < 4.78 is 5.73. The molecule has 1 aromatic rings. The van der Waals surface area contributed by atoms with E-state index < -0.39 is 0 Å². The van der Waals surface area contributed by atoms with Gasteiger partial charge in [-0.25, -0.2) is 0 Å². The summed E-state index contributed by atoms with van der Waals surface area (Å²) in [6.07, 6.45) is 1.80. The Balaban J connectivity index is 1.86. The van der Waals surface area contributed by atoms with Gasteiger partial charge in [0.1, 0.15) is 12.0 Å². The molecular weight excluding hydrogens is 226 g/mol. The van der Waals surface area contributed by atoms with E-state index in [-0.39, 0.29) is 6.23 Å². The third-order valence-electron chi connectivity index (χ3n) is 3.91. The number of nitrogens with zero attached hydrogens (tertiary/aromatic N) is 2. The standard InChI is InChI=1S/C14H21N3O/c1-16-7-9-17(10-8-16)12-3-2-4-13-11(12)5-6-14(15)18-13/h2-4,14H,5-10,15H2,1H3. The summed E-state index contributed by atoms with van der Waals surface area (Å²) in [7, 11) is 2.18. The van der Waals surface area contributed by atoms with Gasteiger partial charge in [0.2, 0.25) is 0 Å². The Morgan fingerprint density at radius 2 is 2.00 bits per heavy atom. The van der Waals surface area contributed by atoms with Crippen LogP contribution in [0.1, 0.15) is 12.0 Å². The first-order chi connectivity index (χ1) is 8.74. The molecule has 0 aromatic heterocycles. The van der Waals surface area contributed by atoms with Crippen molar-refractivity contribution in [1.82, 2.24) is 4.90 Å². The second-order valence-corrected chi connectivity index (χ2v) is 5.24. The second-order valence-electron chi connectivity index (χ2n) is 5.24. The van der Waals surface area contributed by atoms with Gasteiger partial charge in [-0.1, -0.05) is 6.07 Å². The van der Waals surface area contributed by atoms with Crippen molar-refractivity contribution in [2.75, 3.05) is 38.1 Å². The zero-order valence-corrected chi connectivity index (χ0v) is 10.9. The molecule has 0 bridgehead atoms. The number of hydrogen-bond acceptors (Lipinski definition) is 4. The molecule has 1 fully saturated rings. The molecule has 1 atom stereocenters. The summed E-state index contributed by atoms with van der Waals surface area (Å²) in [5, 5.41) is 0. The first-order valence-electron chi connectivity index (χ1n) is 6.71. The number of nitrogens with two attached hydrogens (primary N) is 1. The van der Waals surface area contributed by atoms with Crippen LogP contribution in [0.25, 0.3) is 0 Å². The predicted octanol–water partition coefficient (Wildman–Crippen LogP) is 1.05. The van der Waals surface area contributed by atoms with Crippen LogP contribution in [-0.2, 0) is 6.42 Å². The predicted molar refractivity (Wildman–Crippen MR) is 73.1 cm³/mol. The Morgan fingerprint density at radius 1 is 1.22 bits per heavy atom. The average Bonchev–Trinajstić information content (AvgIpc) is 2.38. The highest BCUT2D eigenvalue weighted by atomic mass is 16.5. The average molecular weight is 247 g/mol. The van der Waals surface area contributed by atoms with Crippen LogP contribution in [0.4, 0.5) is 5.69 Å². The third-order valence-corrected chi connectivity index (χ3v) is 3.91. The first-order valence-corrected chi connectivity index (χ1v) is 6.71. The van der Waals surface area contributed by atoms with Gasteiger partial charge in [0.15, 0.2) is 0 Å². The molecule has 4 heteroatoms. The van der Waals surface area contributed by atoms with Gasteiger partial charge >= 0.3 is 0 Å². The number of likely N-dealkylation sites (N-methyl/N-ethyl adjacent to an activating group) is 1. The highest BCUT2D eigenvalue weighted by Gasteiger charge is 2.23. The molecule has 3 rings (SSSR count). The van der Waals surface area contributed by atoms with Crippen molar-refractivity contribution in [2.45, 2.75) is 19.1 Å². The van der Waals surface area contributed by atoms with E-state index in [4.69, 9.17) is 10.5 Å². The Labute approximate surface area is 108 Å². The number of hydrogen-bond donors (Lipinski definition) is 1. The fourth-order valence-electron chi connectivity index (χ4n) is 2.77. The number of fused-ring (bicyclic) bond motifs is 1. The van der Waals surface area contributed by atoms with Crippen molar-refractivity contribution < 1.29 is 4.74 Å². The lowest BCUT2D eigenvalue weighted by molar-refractivity contribution is 0.181. The largest absolute Gasteiger partial charge is 0.475 e. The quantitative estimate of drug-likeness (QED) is 0.805. The van der Waals surface area contributed by atoms with Crippen molar-refractivity contribution in [1.29, 1.82) is 0 Å². The van der Waals surface area contributed by atoms with E-state index in [9.17, 15) is 0 Å². The number of rotatable bonds is 1. The van der Waals surface area contributed by atoms with Crippen LogP contribution >= 0.6 is 0 Å². The lowest BCUT2D eigenvalue weighted by Gasteiger charge is -2.36. The van der Waals surface area contributed by atoms with Crippen LogP contribution < -0.4 is 15.4 Å². The van der Waals surface area contributed by atoms with Crippen molar-refractivity contribution in [3.05, 3.63) is 23.8 Å². The molecule has 0 spiro atoms. The van der Waals surface area contributed by atoms with Crippen molar-refractivity contribution >= 4 is 5.69 Å². The SMILES string of the molecule is CN1CCN(c2cccc3c2CCC(N)O3)CC1. The molecule has 1 saturated heterocycles. The van der Waals surface area contributed by atoms with Gasteiger partial charge in [0.25, 0.3) is 0 Å². The van der Waals surface area contributed by atoms with E-state index in [0.29, 0.717) is 0 Å². The van der Waals surface area contributed by atoms with E-state index in [1.165, 1.54) is 11.3 Å². The highest BCUT2D eigenvalue weighted by Crippen LogP contribution is 2.34. The number of piperazine rings is 1. The maximum atomic E-state index is 5.85. The summed E-state index contributed by atoms with van der Waals surface area (Å²) in [5.41, 5.74) is 8.53. The first kappa shape index (κ1) is 11.8. The van der Waals surface area contributed by atoms with Crippen LogP contribution in [0.5, 0.6) is 5.75 Å². The highest BCUT2D eigenvalue weighted by molar-refractivity contribution is 5.60. The maximum Gasteiger partial charge on any atom is 0.148 e. The number of anilines is 1. The van der Waals surface area contributed by atoms with Crippen molar-refractivity contribution in [3.63, 3.8) is 0 Å². The van der Waals surface area contributed by atoms with Crippen LogP contribution in [0.3, 0.4) is 0 Å². The Morgan fingerprint density at radius 3 is 2.78 bits per heavy atom. The molecule has 2 heterocycles. The molecule has 1 unspecified atom stereocenters. The van der Waals surface area contributed by atoms with E-state index in [0.717, 1.165) is 44.8 Å². The molecule has 1 aromatic carbocycles. The second kappa shape index (κ2) is 4.78. The lowest BCUT2D eigenvalue weighted by Crippen LogP contribution is -2.45. The van der Waals surface area contributed by atoms with E-state index >= 15 is 0 Å². The van der Waals surface area contributed by atoms with Gasteiger partial charge in [-0.05, 0) is 25.6 Å². The van der Waals surface area contributed by atoms with E-state index in [2.05, 4.69) is 29.0 Å². The molecule has 0 aliphatic carbocycles. The lowest BCUT2D eigenvalue weighted by atomic mass is 10.0. The molecule has 0 amide bonds. The van der Waals surface area contributed by atoms with Gasteiger partial charge < -0.3 is 14.5 Å². The fraction of sp³-hybridized carbons (Fsp3) is 0.571. The summed E-state index contributed by atoms with van der Waals surface area (Å²) in [6, 6.07) is 6.32.